The van der Waals surface area contributed by atoms with Gasteiger partial charge in [0.05, 0.1) is 0 Å². The molecule has 0 aromatic heterocycles. The second kappa shape index (κ2) is 4.08. The van der Waals surface area contributed by atoms with E-state index >= 15 is 0 Å². The molecule has 0 bridgehead atoms. The first kappa shape index (κ1) is 13.0. The molecule has 0 radical (unpaired) electrons. The molecule has 0 aliphatic carbocycles. The molecular weight excluding hydrogens is 182 g/mol. The van der Waals surface area contributed by atoms with Crippen LogP contribution in [0.1, 0.15) is 55.4 Å². The highest BCUT2D eigenvalue weighted by atomic mass is 15.2. The van der Waals surface area contributed by atoms with E-state index in [0.29, 0.717) is 23.5 Å². The van der Waals surface area contributed by atoms with Crippen molar-refractivity contribution in [3.63, 3.8) is 0 Å². The molecule has 4 atom stereocenters. The molecule has 1 fully saturated rings. The summed E-state index contributed by atoms with van der Waals surface area (Å²) in [6, 6.07) is 2.06. The van der Waals surface area contributed by atoms with Crippen LogP contribution < -0.4 is 0 Å². The van der Waals surface area contributed by atoms with Gasteiger partial charge < -0.3 is 0 Å². The molecule has 1 heterocycles. The summed E-state index contributed by atoms with van der Waals surface area (Å²) in [5, 5.41) is 0. The lowest BCUT2D eigenvalue weighted by atomic mass is 9.62. The van der Waals surface area contributed by atoms with Crippen molar-refractivity contribution in [3.05, 3.63) is 0 Å². The number of likely N-dealkylation sites (tertiary alicyclic amines) is 1. The van der Waals surface area contributed by atoms with E-state index in [1.807, 2.05) is 0 Å². The summed E-state index contributed by atoms with van der Waals surface area (Å²) in [6.07, 6.45) is 0. The molecule has 0 N–H and O–H groups in total. The number of hydrogen-bond acceptors (Lipinski definition) is 1. The van der Waals surface area contributed by atoms with E-state index in [2.05, 4.69) is 60.3 Å². The lowest BCUT2D eigenvalue weighted by molar-refractivity contribution is -0.0788. The minimum Gasteiger partial charge on any atom is -0.295 e. The first-order valence-electron chi connectivity index (χ1n) is 6.48. The van der Waals surface area contributed by atoms with E-state index in [1.54, 1.807) is 0 Å². The normalized spacial score (nSPS) is 42.2. The highest BCUT2D eigenvalue weighted by molar-refractivity contribution is 4.98. The van der Waals surface area contributed by atoms with Crippen molar-refractivity contribution in [2.24, 2.45) is 17.3 Å². The first-order valence-corrected chi connectivity index (χ1v) is 6.48. The Kier molecular flexibility index (Phi) is 3.55. The first-order chi connectivity index (χ1) is 6.71. The van der Waals surface area contributed by atoms with Crippen molar-refractivity contribution < 1.29 is 0 Å². The molecule has 1 aliphatic rings. The standard InChI is InChI=1S/C14H29N/c1-9(2)15-12(5)10(3)14(7,8)11(4)13(15)6/h9-13H,1-8H3. The molecule has 1 saturated heterocycles. The van der Waals surface area contributed by atoms with Gasteiger partial charge in [0.1, 0.15) is 0 Å². The predicted molar refractivity (Wildman–Crippen MR) is 68.0 cm³/mol. The smallest absolute Gasteiger partial charge is 0.0103 e. The summed E-state index contributed by atoms with van der Waals surface area (Å²) in [5.74, 6) is 1.54. The topological polar surface area (TPSA) is 3.24 Å². The minimum atomic E-state index is 0.463. The molecule has 0 saturated carbocycles. The van der Waals surface area contributed by atoms with Crippen LogP contribution in [0.5, 0.6) is 0 Å². The Morgan fingerprint density at radius 2 is 1.20 bits per heavy atom. The summed E-state index contributed by atoms with van der Waals surface area (Å²) < 4.78 is 0. The van der Waals surface area contributed by atoms with E-state index in [0.717, 1.165) is 11.8 Å². The Hall–Kier alpha value is -0.0400. The number of nitrogens with zero attached hydrogens (tertiary/aromatic N) is 1. The third-order valence-electron chi connectivity index (χ3n) is 5.33. The highest BCUT2D eigenvalue weighted by Crippen LogP contribution is 2.46. The van der Waals surface area contributed by atoms with Crippen molar-refractivity contribution in [2.45, 2.75) is 73.5 Å². The van der Waals surface area contributed by atoms with E-state index in [-0.39, 0.29) is 0 Å². The number of piperidine rings is 1. The van der Waals surface area contributed by atoms with E-state index in [4.69, 9.17) is 0 Å². The molecule has 15 heavy (non-hydrogen) atoms. The molecule has 90 valence electrons. The Morgan fingerprint density at radius 1 is 0.867 bits per heavy atom. The monoisotopic (exact) mass is 211 g/mol. The van der Waals surface area contributed by atoms with Gasteiger partial charge in [0.25, 0.3) is 0 Å². The van der Waals surface area contributed by atoms with Gasteiger partial charge >= 0.3 is 0 Å². The summed E-state index contributed by atoms with van der Waals surface area (Å²) >= 11 is 0. The van der Waals surface area contributed by atoms with E-state index < -0.39 is 0 Å². The maximum Gasteiger partial charge on any atom is 0.0103 e. The molecule has 0 amide bonds. The van der Waals surface area contributed by atoms with Crippen LogP contribution in [0.2, 0.25) is 0 Å². The average Bonchev–Trinajstić information content (AvgIpc) is 2.12. The molecular formula is C14H29N. The highest BCUT2D eigenvalue weighted by Gasteiger charge is 2.46. The zero-order chi connectivity index (χ0) is 12.0. The van der Waals surface area contributed by atoms with Crippen molar-refractivity contribution in [2.75, 3.05) is 0 Å². The number of rotatable bonds is 1. The van der Waals surface area contributed by atoms with Gasteiger partial charge in [0, 0.05) is 18.1 Å². The molecule has 0 spiro atoms. The van der Waals surface area contributed by atoms with Crippen LogP contribution in [-0.2, 0) is 0 Å². The number of hydrogen-bond donors (Lipinski definition) is 0. The quantitative estimate of drug-likeness (QED) is 0.638. The second-order valence-corrected chi connectivity index (χ2v) is 6.42. The van der Waals surface area contributed by atoms with Gasteiger partial charge in [-0.15, -0.1) is 0 Å². The summed E-state index contributed by atoms with van der Waals surface area (Å²) in [7, 11) is 0. The third-order valence-corrected chi connectivity index (χ3v) is 5.33. The van der Waals surface area contributed by atoms with Gasteiger partial charge in [0.15, 0.2) is 0 Å². The lowest BCUT2D eigenvalue weighted by Crippen LogP contribution is -2.60. The Morgan fingerprint density at radius 3 is 1.47 bits per heavy atom. The van der Waals surface area contributed by atoms with Crippen molar-refractivity contribution in [1.29, 1.82) is 0 Å². The van der Waals surface area contributed by atoms with Crippen LogP contribution in [-0.4, -0.2) is 23.0 Å². The molecule has 0 aromatic rings. The van der Waals surface area contributed by atoms with Gasteiger partial charge in [-0.2, -0.15) is 0 Å². The maximum atomic E-state index is 2.70. The third kappa shape index (κ3) is 1.95. The maximum absolute atomic E-state index is 2.70. The van der Waals surface area contributed by atoms with Crippen LogP contribution in [0.4, 0.5) is 0 Å². The predicted octanol–water partition coefficient (Wildman–Crippen LogP) is 3.79. The fourth-order valence-electron chi connectivity index (χ4n) is 3.49. The molecule has 1 rings (SSSR count). The molecule has 1 aliphatic heterocycles. The van der Waals surface area contributed by atoms with Crippen LogP contribution in [0.25, 0.3) is 0 Å². The van der Waals surface area contributed by atoms with Crippen LogP contribution >= 0.6 is 0 Å². The van der Waals surface area contributed by atoms with Crippen LogP contribution in [0, 0.1) is 17.3 Å². The summed E-state index contributed by atoms with van der Waals surface area (Å²) in [5.41, 5.74) is 0.463. The Labute approximate surface area is 96.2 Å². The zero-order valence-electron chi connectivity index (χ0n) is 11.8. The molecule has 4 unspecified atom stereocenters. The minimum absolute atomic E-state index is 0.463. The molecule has 0 aromatic carbocycles. The van der Waals surface area contributed by atoms with Crippen molar-refractivity contribution in [3.8, 4) is 0 Å². The fraction of sp³-hybridized carbons (Fsp3) is 1.00. The molecule has 1 nitrogen and oxygen atoms in total. The average molecular weight is 211 g/mol. The Bertz CT molecular complexity index is 201. The Balaban J connectivity index is 3.00. The summed E-state index contributed by atoms with van der Waals surface area (Å²) in [6.45, 7) is 19.2. The SMILES string of the molecule is CC(C)N1C(C)C(C)C(C)(C)C(C)C1C. The second-order valence-electron chi connectivity index (χ2n) is 6.42. The van der Waals surface area contributed by atoms with E-state index in [9.17, 15) is 0 Å². The summed E-state index contributed by atoms with van der Waals surface area (Å²) in [4.78, 5) is 2.70. The van der Waals surface area contributed by atoms with Crippen molar-refractivity contribution >= 4 is 0 Å². The largest absolute Gasteiger partial charge is 0.295 e. The van der Waals surface area contributed by atoms with Gasteiger partial charge in [-0.1, -0.05) is 27.7 Å². The van der Waals surface area contributed by atoms with Gasteiger partial charge in [-0.05, 0) is 44.9 Å². The van der Waals surface area contributed by atoms with Crippen LogP contribution in [0.15, 0.2) is 0 Å². The lowest BCUT2D eigenvalue weighted by Gasteiger charge is -2.56. The van der Waals surface area contributed by atoms with Gasteiger partial charge in [-0.3, -0.25) is 4.90 Å². The van der Waals surface area contributed by atoms with Crippen molar-refractivity contribution in [1.82, 2.24) is 4.90 Å². The van der Waals surface area contributed by atoms with Gasteiger partial charge in [0.2, 0.25) is 0 Å². The van der Waals surface area contributed by atoms with Crippen LogP contribution in [0.3, 0.4) is 0 Å². The molecule has 1 heteroatoms. The zero-order valence-corrected chi connectivity index (χ0v) is 11.8. The fourth-order valence-corrected chi connectivity index (χ4v) is 3.49. The van der Waals surface area contributed by atoms with E-state index in [1.165, 1.54) is 0 Å². The van der Waals surface area contributed by atoms with Gasteiger partial charge in [-0.25, -0.2) is 0 Å².